The van der Waals surface area contributed by atoms with Crippen LogP contribution in [-0.4, -0.2) is 19.5 Å². The van der Waals surface area contributed by atoms with Crippen molar-refractivity contribution >= 4 is 16.9 Å². The van der Waals surface area contributed by atoms with Gasteiger partial charge in [-0.3, -0.25) is 4.98 Å². The van der Waals surface area contributed by atoms with Crippen LogP contribution in [0.3, 0.4) is 0 Å². The molecule has 3 aromatic rings. The van der Waals surface area contributed by atoms with Crippen LogP contribution in [0.15, 0.2) is 36.7 Å². The van der Waals surface area contributed by atoms with Crippen LogP contribution in [-0.2, 0) is 13.5 Å². The number of nitrogens with two attached hydrogens (primary N) is 1. The molecule has 0 spiro atoms. The first-order chi connectivity index (χ1) is 8.74. The monoisotopic (exact) mass is 239 g/mol. The lowest BCUT2D eigenvalue weighted by Gasteiger charge is -2.02. The number of nitrogens with zero attached hydrogens (tertiary/aromatic N) is 4. The third kappa shape index (κ3) is 1.79. The summed E-state index contributed by atoms with van der Waals surface area (Å²) < 4.78 is 2.08. The molecule has 2 aromatic heterocycles. The van der Waals surface area contributed by atoms with E-state index in [1.165, 1.54) is 0 Å². The Morgan fingerprint density at radius 3 is 2.72 bits per heavy atom. The van der Waals surface area contributed by atoms with Gasteiger partial charge in [-0.05, 0) is 12.1 Å². The van der Waals surface area contributed by atoms with E-state index in [2.05, 4.69) is 25.6 Å². The first-order valence-electron chi connectivity index (χ1n) is 5.71. The van der Waals surface area contributed by atoms with Gasteiger partial charge in [-0.2, -0.15) is 0 Å². The minimum absolute atomic E-state index is 0.434. The molecule has 0 aliphatic rings. The van der Waals surface area contributed by atoms with Crippen molar-refractivity contribution in [1.82, 2.24) is 19.5 Å². The molecule has 1 aromatic carbocycles. The van der Waals surface area contributed by atoms with Gasteiger partial charge in [0.2, 0.25) is 0 Å². The van der Waals surface area contributed by atoms with Gasteiger partial charge in [0, 0.05) is 13.5 Å². The second-order valence-electron chi connectivity index (χ2n) is 4.19. The highest BCUT2D eigenvalue weighted by molar-refractivity contribution is 5.75. The Labute approximate surface area is 104 Å². The number of hydrogen-bond acceptors (Lipinski definition) is 4. The average Bonchev–Trinajstić information content (AvgIpc) is 2.70. The highest BCUT2D eigenvalue weighted by atomic mass is 15.1. The number of imidazole rings is 1. The van der Waals surface area contributed by atoms with Gasteiger partial charge in [-0.15, -0.1) is 0 Å². The van der Waals surface area contributed by atoms with Gasteiger partial charge in [0.1, 0.15) is 11.6 Å². The molecule has 5 nitrogen and oxygen atoms in total. The molecular weight excluding hydrogens is 226 g/mol. The number of para-hydroxylation sites is 2. The third-order valence-corrected chi connectivity index (χ3v) is 2.94. The van der Waals surface area contributed by atoms with E-state index >= 15 is 0 Å². The van der Waals surface area contributed by atoms with Crippen molar-refractivity contribution < 1.29 is 0 Å². The zero-order valence-electron chi connectivity index (χ0n) is 10.0. The summed E-state index contributed by atoms with van der Waals surface area (Å²) in [5, 5.41) is 0. The molecule has 2 heterocycles. The average molecular weight is 239 g/mol. The molecule has 0 saturated heterocycles. The van der Waals surface area contributed by atoms with Crippen LogP contribution in [0.5, 0.6) is 0 Å². The number of nitrogen functional groups attached to an aromatic ring is 1. The predicted molar refractivity (Wildman–Crippen MR) is 70.0 cm³/mol. The maximum absolute atomic E-state index is 5.52. The van der Waals surface area contributed by atoms with Gasteiger partial charge in [0.25, 0.3) is 0 Å². The van der Waals surface area contributed by atoms with Crippen molar-refractivity contribution in [2.45, 2.75) is 6.42 Å². The zero-order chi connectivity index (χ0) is 12.5. The number of aryl methyl sites for hydroxylation is 1. The van der Waals surface area contributed by atoms with Crippen molar-refractivity contribution in [3.63, 3.8) is 0 Å². The number of hydrogen-bond donors (Lipinski definition) is 1. The molecule has 0 amide bonds. The Hall–Kier alpha value is -2.43. The number of anilines is 1. The first-order valence-corrected chi connectivity index (χ1v) is 5.71. The highest BCUT2D eigenvalue weighted by Crippen LogP contribution is 2.16. The summed E-state index contributed by atoms with van der Waals surface area (Å²) in [6.07, 6.45) is 3.91. The molecular formula is C13H13N5. The number of benzene rings is 1. The summed E-state index contributed by atoms with van der Waals surface area (Å²) in [7, 11) is 2.01. The van der Waals surface area contributed by atoms with E-state index in [1.54, 1.807) is 12.4 Å². The molecule has 2 N–H and O–H groups in total. The SMILES string of the molecule is Cn1c(Cc2cnc(N)cn2)nc2ccccc21. The van der Waals surface area contributed by atoms with E-state index in [1.807, 2.05) is 25.2 Å². The minimum Gasteiger partial charge on any atom is -0.382 e. The Balaban J connectivity index is 1.99. The Bertz CT molecular complexity index is 684. The predicted octanol–water partition coefficient (Wildman–Crippen LogP) is 1.54. The fourth-order valence-corrected chi connectivity index (χ4v) is 1.97. The lowest BCUT2D eigenvalue weighted by Crippen LogP contribution is -2.02. The van der Waals surface area contributed by atoms with Crippen molar-refractivity contribution in [3.05, 3.63) is 48.2 Å². The zero-order valence-corrected chi connectivity index (χ0v) is 10.0. The van der Waals surface area contributed by atoms with E-state index < -0.39 is 0 Å². The van der Waals surface area contributed by atoms with Crippen LogP contribution in [0.4, 0.5) is 5.82 Å². The van der Waals surface area contributed by atoms with Gasteiger partial charge in [-0.1, -0.05) is 12.1 Å². The second kappa shape index (κ2) is 4.10. The van der Waals surface area contributed by atoms with Crippen molar-refractivity contribution in [3.8, 4) is 0 Å². The quantitative estimate of drug-likeness (QED) is 0.736. The standard InChI is InChI=1S/C13H13N5/c1-18-11-5-3-2-4-10(11)17-13(18)6-9-7-16-12(14)8-15-9/h2-5,7-8H,6H2,1H3,(H2,14,16). The van der Waals surface area contributed by atoms with Crippen molar-refractivity contribution in [1.29, 1.82) is 0 Å². The van der Waals surface area contributed by atoms with E-state index in [0.717, 1.165) is 22.6 Å². The number of rotatable bonds is 2. The molecule has 0 fully saturated rings. The van der Waals surface area contributed by atoms with Crippen molar-refractivity contribution in [2.75, 3.05) is 5.73 Å². The van der Waals surface area contributed by atoms with Crippen LogP contribution in [0.1, 0.15) is 11.5 Å². The van der Waals surface area contributed by atoms with E-state index in [-0.39, 0.29) is 0 Å². The summed E-state index contributed by atoms with van der Waals surface area (Å²) in [5.74, 6) is 1.40. The minimum atomic E-state index is 0.434. The molecule has 0 saturated carbocycles. The maximum Gasteiger partial charge on any atom is 0.141 e. The Morgan fingerprint density at radius 1 is 1.17 bits per heavy atom. The normalized spacial score (nSPS) is 10.9. The van der Waals surface area contributed by atoms with Gasteiger partial charge < -0.3 is 10.3 Å². The molecule has 18 heavy (non-hydrogen) atoms. The lowest BCUT2D eigenvalue weighted by atomic mass is 10.3. The summed E-state index contributed by atoms with van der Waals surface area (Å²) in [4.78, 5) is 12.9. The molecule has 90 valence electrons. The summed E-state index contributed by atoms with van der Waals surface area (Å²) in [6.45, 7) is 0. The van der Waals surface area contributed by atoms with E-state index in [4.69, 9.17) is 5.73 Å². The van der Waals surface area contributed by atoms with Crippen LogP contribution in [0.25, 0.3) is 11.0 Å². The van der Waals surface area contributed by atoms with Gasteiger partial charge in [-0.25, -0.2) is 9.97 Å². The van der Waals surface area contributed by atoms with Crippen LogP contribution < -0.4 is 5.73 Å². The smallest absolute Gasteiger partial charge is 0.141 e. The molecule has 0 radical (unpaired) electrons. The second-order valence-corrected chi connectivity index (χ2v) is 4.19. The third-order valence-electron chi connectivity index (χ3n) is 2.94. The fourth-order valence-electron chi connectivity index (χ4n) is 1.97. The topological polar surface area (TPSA) is 69.6 Å². The van der Waals surface area contributed by atoms with Crippen LogP contribution in [0, 0.1) is 0 Å². The molecule has 3 rings (SSSR count). The highest BCUT2D eigenvalue weighted by Gasteiger charge is 2.08. The summed E-state index contributed by atoms with van der Waals surface area (Å²) in [5.41, 5.74) is 8.50. The van der Waals surface area contributed by atoms with Gasteiger partial charge in [0.15, 0.2) is 0 Å². The van der Waals surface area contributed by atoms with Gasteiger partial charge >= 0.3 is 0 Å². The lowest BCUT2D eigenvalue weighted by molar-refractivity contribution is 0.829. The summed E-state index contributed by atoms with van der Waals surface area (Å²) in [6, 6.07) is 8.06. The van der Waals surface area contributed by atoms with Crippen LogP contribution in [0.2, 0.25) is 0 Å². The fraction of sp³-hybridized carbons (Fsp3) is 0.154. The number of aromatic nitrogens is 4. The molecule has 0 bridgehead atoms. The molecule has 0 unspecified atom stereocenters. The first kappa shape index (κ1) is 10.7. The van der Waals surface area contributed by atoms with Crippen molar-refractivity contribution in [2.24, 2.45) is 7.05 Å². The molecule has 0 atom stereocenters. The maximum atomic E-state index is 5.52. The van der Waals surface area contributed by atoms with Gasteiger partial charge in [0.05, 0.1) is 29.1 Å². The Kier molecular flexibility index (Phi) is 2.44. The molecule has 0 aliphatic heterocycles. The summed E-state index contributed by atoms with van der Waals surface area (Å²) >= 11 is 0. The molecule has 0 aliphatic carbocycles. The Morgan fingerprint density at radius 2 is 2.00 bits per heavy atom. The largest absolute Gasteiger partial charge is 0.382 e. The van der Waals surface area contributed by atoms with E-state index in [9.17, 15) is 0 Å². The molecule has 5 heteroatoms. The van der Waals surface area contributed by atoms with E-state index in [0.29, 0.717) is 12.2 Å². The number of fused-ring (bicyclic) bond motifs is 1. The van der Waals surface area contributed by atoms with Crippen LogP contribution >= 0.6 is 0 Å².